The molecule has 1 saturated heterocycles. The minimum atomic E-state index is 0.0810. The Kier molecular flexibility index (Phi) is 2.76. The Balaban J connectivity index is 1.82. The van der Waals surface area contributed by atoms with Gasteiger partial charge in [-0.3, -0.25) is 4.79 Å². The topological polar surface area (TPSA) is 63.6 Å². The van der Waals surface area contributed by atoms with E-state index in [-0.39, 0.29) is 11.9 Å². The van der Waals surface area contributed by atoms with Crippen LogP contribution in [-0.2, 0) is 0 Å². The highest BCUT2D eigenvalue weighted by molar-refractivity contribution is 5.94. The molecule has 0 bridgehead atoms. The van der Waals surface area contributed by atoms with Crippen LogP contribution in [0.15, 0.2) is 30.7 Å². The summed E-state index contributed by atoms with van der Waals surface area (Å²) in [6.45, 7) is 1.50. The molecule has 5 nitrogen and oxygen atoms in total. The summed E-state index contributed by atoms with van der Waals surface area (Å²) in [7, 11) is 0. The second kappa shape index (κ2) is 4.42. The summed E-state index contributed by atoms with van der Waals surface area (Å²) in [6, 6.07) is 3.94. The minimum Gasteiger partial charge on any atom is -0.338 e. The number of amides is 1. The van der Waals surface area contributed by atoms with Crippen molar-refractivity contribution in [2.75, 3.05) is 13.1 Å². The Morgan fingerprint density at radius 1 is 1.33 bits per heavy atom. The molecule has 0 unspecified atom stereocenters. The van der Waals surface area contributed by atoms with Crippen molar-refractivity contribution in [1.29, 1.82) is 0 Å². The van der Waals surface area contributed by atoms with Gasteiger partial charge in [0.25, 0.3) is 5.91 Å². The number of piperidine rings is 1. The van der Waals surface area contributed by atoms with Crippen LogP contribution < -0.4 is 5.73 Å². The zero-order chi connectivity index (χ0) is 12.5. The number of hydrogen-bond acceptors (Lipinski definition) is 3. The van der Waals surface area contributed by atoms with Gasteiger partial charge in [-0.1, -0.05) is 0 Å². The number of nitrogens with zero attached hydrogens (tertiary/aromatic N) is 3. The lowest BCUT2D eigenvalue weighted by Gasteiger charge is -2.30. The first-order valence-corrected chi connectivity index (χ1v) is 6.21. The number of likely N-dealkylation sites (tertiary alicyclic amines) is 1. The summed E-state index contributed by atoms with van der Waals surface area (Å²) in [6.07, 6.45) is 7.18. The number of carbonyl (C=O) groups excluding carboxylic acids is 1. The molecule has 0 saturated carbocycles. The summed E-state index contributed by atoms with van der Waals surface area (Å²) in [5.74, 6) is 0.0810. The molecule has 1 aliphatic heterocycles. The Morgan fingerprint density at radius 2 is 2.11 bits per heavy atom. The summed E-state index contributed by atoms with van der Waals surface area (Å²) in [4.78, 5) is 18.4. The quantitative estimate of drug-likeness (QED) is 0.810. The molecule has 5 heteroatoms. The highest BCUT2D eigenvalue weighted by Crippen LogP contribution is 2.13. The van der Waals surface area contributed by atoms with E-state index in [1.54, 1.807) is 6.20 Å². The van der Waals surface area contributed by atoms with Crippen molar-refractivity contribution in [2.45, 2.75) is 18.9 Å². The summed E-state index contributed by atoms with van der Waals surface area (Å²) in [5, 5.41) is 0. The third-order valence-electron chi connectivity index (χ3n) is 3.46. The molecule has 0 aliphatic carbocycles. The van der Waals surface area contributed by atoms with E-state index in [1.807, 2.05) is 33.8 Å². The van der Waals surface area contributed by atoms with Crippen molar-refractivity contribution in [3.63, 3.8) is 0 Å². The lowest BCUT2D eigenvalue weighted by Crippen LogP contribution is -2.42. The van der Waals surface area contributed by atoms with Gasteiger partial charge in [-0.25, -0.2) is 4.98 Å². The summed E-state index contributed by atoms with van der Waals surface area (Å²) in [5.41, 5.74) is 7.40. The zero-order valence-corrected chi connectivity index (χ0v) is 10.1. The van der Waals surface area contributed by atoms with Gasteiger partial charge in [0.1, 0.15) is 5.65 Å². The molecule has 2 aromatic heterocycles. The largest absolute Gasteiger partial charge is 0.338 e. The maximum Gasteiger partial charge on any atom is 0.255 e. The van der Waals surface area contributed by atoms with E-state index in [4.69, 9.17) is 5.73 Å². The summed E-state index contributed by atoms with van der Waals surface area (Å²) < 4.78 is 1.86. The van der Waals surface area contributed by atoms with E-state index in [1.165, 1.54) is 0 Å². The van der Waals surface area contributed by atoms with Crippen LogP contribution in [0.1, 0.15) is 23.2 Å². The molecule has 2 N–H and O–H groups in total. The van der Waals surface area contributed by atoms with Gasteiger partial charge in [-0.05, 0) is 25.0 Å². The Morgan fingerprint density at radius 3 is 2.89 bits per heavy atom. The smallest absolute Gasteiger partial charge is 0.255 e. The van der Waals surface area contributed by atoms with Crippen LogP contribution in [0.2, 0.25) is 0 Å². The van der Waals surface area contributed by atoms with E-state index in [9.17, 15) is 4.79 Å². The Bertz CT molecular complexity index is 569. The molecule has 0 atom stereocenters. The first-order chi connectivity index (χ1) is 8.74. The molecule has 1 aliphatic rings. The number of nitrogens with two attached hydrogens (primary N) is 1. The van der Waals surface area contributed by atoms with Crippen LogP contribution in [-0.4, -0.2) is 39.3 Å². The molecular weight excluding hydrogens is 228 g/mol. The van der Waals surface area contributed by atoms with Gasteiger partial charge < -0.3 is 15.0 Å². The first kappa shape index (κ1) is 11.2. The van der Waals surface area contributed by atoms with Crippen molar-refractivity contribution in [2.24, 2.45) is 5.73 Å². The highest BCUT2D eigenvalue weighted by Gasteiger charge is 2.21. The molecule has 3 heterocycles. The lowest BCUT2D eigenvalue weighted by molar-refractivity contribution is 0.0714. The molecule has 0 radical (unpaired) electrons. The van der Waals surface area contributed by atoms with E-state index < -0.39 is 0 Å². The minimum absolute atomic E-state index is 0.0810. The van der Waals surface area contributed by atoms with Gasteiger partial charge in [0.05, 0.1) is 5.56 Å². The van der Waals surface area contributed by atoms with Crippen LogP contribution in [0.4, 0.5) is 0 Å². The van der Waals surface area contributed by atoms with Crippen LogP contribution in [0.5, 0.6) is 0 Å². The predicted molar refractivity (Wildman–Crippen MR) is 68.3 cm³/mol. The number of aromatic nitrogens is 2. The molecule has 18 heavy (non-hydrogen) atoms. The van der Waals surface area contributed by atoms with E-state index in [2.05, 4.69) is 4.98 Å². The Labute approximate surface area is 105 Å². The summed E-state index contributed by atoms with van der Waals surface area (Å²) >= 11 is 0. The van der Waals surface area contributed by atoms with Crippen molar-refractivity contribution >= 4 is 11.6 Å². The van der Waals surface area contributed by atoms with Gasteiger partial charge in [0, 0.05) is 37.7 Å². The average Bonchev–Trinajstić information content (AvgIpc) is 2.86. The number of hydrogen-bond donors (Lipinski definition) is 1. The highest BCUT2D eigenvalue weighted by atomic mass is 16.2. The molecule has 94 valence electrons. The van der Waals surface area contributed by atoms with Crippen LogP contribution in [0, 0.1) is 0 Å². The fourth-order valence-corrected chi connectivity index (χ4v) is 2.33. The van der Waals surface area contributed by atoms with Crippen molar-refractivity contribution in [3.8, 4) is 0 Å². The average molecular weight is 244 g/mol. The fraction of sp³-hybridized carbons (Fsp3) is 0.385. The number of carbonyl (C=O) groups is 1. The van der Waals surface area contributed by atoms with Gasteiger partial charge in [-0.15, -0.1) is 0 Å². The molecular formula is C13H16N4O. The van der Waals surface area contributed by atoms with Crippen LogP contribution in [0.3, 0.4) is 0 Å². The normalized spacial score (nSPS) is 17.3. The molecule has 1 fully saturated rings. The molecule has 2 aromatic rings. The number of pyridine rings is 1. The first-order valence-electron chi connectivity index (χ1n) is 6.21. The standard InChI is InChI=1S/C13H16N4O/c14-11-3-6-16(7-4-11)13(18)10-1-2-12-15-5-8-17(12)9-10/h1-2,5,8-9,11H,3-4,6-7,14H2. The van der Waals surface area contributed by atoms with Gasteiger partial charge in [0.2, 0.25) is 0 Å². The third kappa shape index (κ3) is 1.97. The second-order valence-corrected chi connectivity index (χ2v) is 4.74. The van der Waals surface area contributed by atoms with Crippen LogP contribution >= 0.6 is 0 Å². The maximum absolute atomic E-state index is 12.3. The molecule has 0 spiro atoms. The Hall–Kier alpha value is -1.88. The monoisotopic (exact) mass is 244 g/mol. The van der Waals surface area contributed by atoms with E-state index >= 15 is 0 Å². The third-order valence-corrected chi connectivity index (χ3v) is 3.46. The zero-order valence-electron chi connectivity index (χ0n) is 10.1. The predicted octanol–water partition coefficient (Wildman–Crippen LogP) is 0.898. The number of imidazole rings is 1. The fourth-order valence-electron chi connectivity index (χ4n) is 2.33. The van der Waals surface area contributed by atoms with Crippen molar-refractivity contribution in [3.05, 3.63) is 36.3 Å². The van der Waals surface area contributed by atoms with E-state index in [0.29, 0.717) is 5.56 Å². The second-order valence-electron chi connectivity index (χ2n) is 4.74. The van der Waals surface area contributed by atoms with Gasteiger partial charge in [-0.2, -0.15) is 0 Å². The molecule has 0 aromatic carbocycles. The number of rotatable bonds is 1. The lowest BCUT2D eigenvalue weighted by atomic mass is 10.1. The number of fused-ring (bicyclic) bond motifs is 1. The van der Waals surface area contributed by atoms with Gasteiger partial charge >= 0.3 is 0 Å². The molecule has 1 amide bonds. The van der Waals surface area contributed by atoms with Crippen molar-refractivity contribution < 1.29 is 4.79 Å². The maximum atomic E-state index is 12.3. The van der Waals surface area contributed by atoms with Crippen molar-refractivity contribution in [1.82, 2.24) is 14.3 Å². The SMILES string of the molecule is NC1CCN(C(=O)c2ccc3nccn3c2)CC1. The molecule has 3 rings (SSSR count). The van der Waals surface area contributed by atoms with E-state index in [0.717, 1.165) is 31.6 Å². The van der Waals surface area contributed by atoms with Crippen LogP contribution in [0.25, 0.3) is 5.65 Å². The van der Waals surface area contributed by atoms with Gasteiger partial charge in [0.15, 0.2) is 0 Å².